The van der Waals surface area contributed by atoms with E-state index in [0.717, 1.165) is 35.2 Å². The molecule has 3 amide bonds. The zero-order valence-electron chi connectivity index (χ0n) is 20.8. The number of likely N-dealkylation sites (tertiary alicyclic amines) is 1. The Morgan fingerprint density at radius 2 is 1.70 bits per heavy atom. The van der Waals surface area contributed by atoms with Crippen molar-refractivity contribution in [2.75, 3.05) is 26.2 Å². The lowest BCUT2D eigenvalue weighted by molar-refractivity contribution is -0.148. The maximum Gasteiger partial charge on any atom is 0.417 e. The number of imide groups is 1. The van der Waals surface area contributed by atoms with Crippen LogP contribution < -0.4 is 5.32 Å². The fourth-order valence-electron chi connectivity index (χ4n) is 5.84. The van der Waals surface area contributed by atoms with Crippen LogP contribution in [0.3, 0.4) is 0 Å². The molecule has 2 aromatic rings. The standard InChI is InChI=1S/C28H31N3O6/c1-17-13-24(30(14-17)26(34)23-11-6-12-29-23)27(35)31(15-25(32)33)28(36)37-16-22-20-9-4-2-7-18(20)19-8-3-5-10-21(19)22/h2-5,7-10,17,22-24,29H,6,11-16H2,1H3,(H,32,33)/t17-,23-,24-/m0/s1. The molecule has 9 nitrogen and oxygen atoms in total. The van der Waals surface area contributed by atoms with Gasteiger partial charge in [-0.1, -0.05) is 55.5 Å². The highest BCUT2D eigenvalue weighted by Gasteiger charge is 2.44. The van der Waals surface area contributed by atoms with E-state index in [2.05, 4.69) is 5.32 Å². The minimum Gasteiger partial charge on any atom is -0.480 e. The Hall–Kier alpha value is -3.72. The minimum absolute atomic E-state index is 0.0357. The van der Waals surface area contributed by atoms with Gasteiger partial charge in [0.2, 0.25) is 5.91 Å². The van der Waals surface area contributed by atoms with Crippen molar-refractivity contribution in [2.24, 2.45) is 5.92 Å². The molecular weight excluding hydrogens is 474 g/mol. The number of fused-ring (bicyclic) bond motifs is 3. The fourth-order valence-corrected chi connectivity index (χ4v) is 5.84. The zero-order chi connectivity index (χ0) is 26.1. The smallest absolute Gasteiger partial charge is 0.417 e. The number of aliphatic carboxylic acids is 1. The first-order valence-electron chi connectivity index (χ1n) is 12.8. The molecule has 2 saturated heterocycles. The number of hydrogen-bond acceptors (Lipinski definition) is 6. The molecule has 0 spiro atoms. The summed E-state index contributed by atoms with van der Waals surface area (Å²) in [6.45, 7) is 2.20. The van der Waals surface area contributed by atoms with Gasteiger partial charge in [-0.15, -0.1) is 0 Å². The van der Waals surface area contributed by atoms with Crippen molar-refractivity contribution >= 4 is 23.9 Å². The number of nitrogens with zero attached hydrogens (tertiary/aromatic N) is 2. The summed E-state index contributed by atoms with van der Waals surface area (Å²) in [5.41, 5.74) is 4.15. The second kappa shape index (κ2) is 10.3. The number of carboxylic acid groups (broad SMARTS) is 1. The number of carboxylic acids is 1. The number of carbonyl (C=O) groups is 4. The van der Waals surface area contributed by atoms with Gasteiger partial charge in [0, 0.05) is 12.5 Å². The molecule has 1 aliphatic carbocycles. The summed E-state index contributed by atoms with van der Waals surface area (Å²) < 4.78 is 5.59. The van der Waals surface area contributed by atoms with E-state index in [1.54, 1.807) is 0 Å². The fraction of sp³-hybridized carbons (Fsp3) is 0.429. The normalized spacial score (nSPS) is 22.4. The first-order valence-corrected chi connectivity index (χ1v) is 12.8. The van der Waals surface area contributed by atoms with Gasteiger partial charge in [0.15, 0.2) is 0 Å². The first-order chi connectivity index (χ1) is 17.8. The summed E-state index contributed by atoms with van der Waals surface area (Å²) in [4.78, 5) is 53.6. The SMILES string of the molecule is C[C@H]1C[C@@H](C(=O)N(CC(=O)O)C(=O)OCC2c3ccccc3-c3ccccc32)N(C(=O)[C@@H]2CCCN2)C1. The van der Waals surface area contributed by atoms with Crippen molar-refractivity contribution in [1.82, 2.24) is 15.1 Å². The van der Waals surface area contributed by atoms with Crippen LogP contribution in [-0.2, 0) is 19.1 Å². The number of ether oxygens (including phenoxy) is 1. The molecule has 0 radical (unpaired) electrons. The van der Waals surface area contributed by atoms with Crippen LogP contribution in [0.2, 0.25) is 0 Å². The maximum atomic E-state index is 13.5. The number of amides is 3. The van der Waals surface area contributed by atoms with Crippen LogP contribution in [0.5, 0.6) is 0 Å². The lowest BCUT2D eigenvalue weighted by Gasteiger charge is -2.30. The van der Waals surface area contributed by atoms with E-state index in [-0.39, 0.29) is 30.4 Å². The minimum atomic E-state index is -1.33. The molecule has 2 heterocycles. The summed E-state index contributed by atoms with van der Waals surface area (Å²) >= 11 is 0. The number of hydrogen-bond donors (Lipinski definition) is 2. The predicted molar refractivity (Wildman–Crippen MR) is 135 cm³/mol. The quantitative estimate of drug-likeness (QED) is 0.620. The van der Waals surface area contributed by atoms with Crippen molar-refractivity contribution in [1.29, 1.82) is 0 Å². The molecule has 2 aliphatic heterocycles. The molecule has 5 rings (SSSR count). The van der Waals surface area contributed by atoms with Crippen LogP contribution in [0.15, 0.2) is 48.5 Å². The average molecular weight is 506 g/mol. The van der Waals surface area contributed by atoms with E-state index >= 15 is 0 Å². The number of carbonyl (C=O) groups excluding carboxylic acids is 3. The molecule has 9 heteroatoms. The van der Waals surface area contributed by atoms with E-state index in [1.165, 1.54) is 4.90 Å². The van der Waals surface area contributed by atoms with Gasteiger partial charge in [0.25, 0.3) is 5.91 Å². The molecule has 2 fully saturated rings. The van der Waals surface area contributed by atoms with Crippen LogP contribution in [-0.4, -0.2) is 77.1 Å². The van der Waals surface area contributed by atoms with E-state index < -0.39 is 30.6 Å². The van der Waals surface area contributed by atoms with Crippen molar-refractivity contribution in [3.63, 3.8) is 0 Å². The monoisotopic (exact) mass is 505 g/mol. The topological polar surface area (TPSA) is 116 Å². The molecular formula is C28H31N3O6. The van der Waals surface area contributed by atoms with E-state index in [1.807, 2.05) is 55.5 Å². The number of nitrogens with one attached hydrogen (secondary N) is 1. The van der Waals surface area contributed by atoms with Gasteiger partial charge in [-0.25, -0.2) is 9.69 Å². The van der Waals surface area contributed by atoms with Crippen LogP contribution in [0, 0.1) is 5.92 Å². The average Bonchev–Trinajstić information content (AvgIpc) is 3.63. The van der Waals surface area contributed by atoms with Gasteiger partial charge in [-0.05, 0) is 54.0 Å². The third-order valence-electron chi connectivity index (χ3n) is 7.55. The second-order valence-electron chi connectivity index (χ2n) is 10.1. The van der Waals surface area contributed by atoms with Crippen LogP contribution in [0.25, 0.3) is 11.1 Å². The largest absolute Gasteiger partial charge is 0.480 e. The Morgan fingerprint density at radius 1 is 1.05 bits per heavy atom. The maximum absolute atomic E-state index is 13.5. The van der Waals surface area contributed by atoms with Crippen molar-refractivity contribution in [3.8, 4) is 11.1 Å². The van der Waals surface area contributed by atoms with Gasteiger partial charge in [-0.3, -0.25) is 14.4 Å². The van der Waals surface area contributed by atoms with Crippen LogP contribution in [0.1, 0.15) is 43.2 Å². The molecule has 2 aromatic carbocycles. The Morgan fingerprint density at radius 3 is 2.30 bits per heavy atom. The van der Waals surface area contributed by atoms with Crippen molar-refractivity contribution in [3.05, 3.63) is 59.7 Å². The molecule has 0 aromatic heterocycles. The zero-order valence-corrected chi connectivity index (χ0v) is 20.8. The van der Waals surface area contributed by atoms with Gasteiger partial charge in [-0.2, -0.15) is 0 Å². The first kappa shape index (κ1) is 25.0. The highest BCUT2D eigenvalue weighted by molar-refractivity contribution is 6.00. The van der Waals surface area contributed by atoms with Gasteiger partial charge in [0.05, 0.1) is 6.04 Å². The third kappa shape index (κ3) is 4.83. The van der Waals surface area contributed by atoms with E-state index in [0.29, 0.717) is 24.3 Å². The van der Waals surface area contributed by atoms with Gasteiger partial charge >= 0.3 is 12.1 Å². The summed E-state index contributed by atoms with van der Waals surface area (Å²) in [6, 6.07) is 14.5. The Labute approximate surface area is 215 Å². The van der Waals surface area contributed by atoms with Crippen molar-refractivity contribution in [2.45, 2.75) is 44.2 Å². The Kier molecular flexibility index (Phi) is 6.97. The molecule has 0 unspecified atom stereocenters. The predicted octanol–water partition coefficient (Wildman–Crippen LogP) is 2.84. The Balaban J connectivity index is 1.33. The number of benzene rings is 2. The molecule has 37 heavy (non-hydrogen) atoms. The van der Waals surface area contributed by atoms with Crippen LogP contribution in [0.4, 0.5) is 4.79 Å². The molecule has 3 aliphatic rings. The van der Waals surface area contributed by atoms with Crippen LogP contribution >= 0.6 is 0 Å². The Bertz CT molecular complexity index is 1180. The van der Waals surface area contributed by atoms with Gasteiger partial charge in [0.1, 0.15) is 19.2 Å². The highest BCUT2D eigenvalue weighted by atomic mass is 16.6. The lowest BCUT2D eigenvalue weighted by atomic mass is 9.98. The number of rotatable bonds is 6. The third-order valence-corrected chi connectivity index (χ3v) is 7.55. The second-order valence-corrected chi connectivity index (χ2v) is 10.1. The molecule has 0 bridgehead atoms. The summed E-state index contributed by atoms with van der Waals surface area (Å²) in [5, 5.41) is 12.6. The summed E-state index contributed by atoms with van der Waals surface area (Å²) in [7, 11) is 0. The molecule has 2 N–H and O–H groups in total. The van der Waals surface area contributed by atoms with Crippen molar-refractivity contribution < 1.29 is 29.0 Å². The molecule has 3 atom stereocenters. The van der Waals surface area contributed by atoms with E-state index in [4.69, 9.17) is 4.74 Å². The van der Waals surface area contributed by atoms with Gasteiger partial charge < -0.3 is 20.1 Å². The summed E-state index contributed by atoms with van der Waals surface area (Å²) in [5.74, 6) is -2.40. The molecule has 0 saturated carbocycles. The molecule has 194 valence electrons. The van der Waals surface area contributed by atoms with E-state index in [9.17, 15) is 24.3 Å². The summed E-state index contributed by atoms with van der Waals surface area (Å²) in [6.07, 6.45) is 0.920. The highest BCUT2D eigenvalue weighted by Crippen LogP contribution is 2.44. The lowest BCUT2D eigenvalue weighted by Crippen LogP contribution is -2.54.